The van der Waals surface area contributed by atoms with E-state index in [2.05, 4.69) is 0 Å². The quantitative estimate of drug-likeness (QED) is 0.793. The van der Waals surface area contributed by atoms with E-state index >= 15 is 0 Å². The fourth-order valence-corrected chi connectivity index (χ4v) is 2.40. The number of nitrogens with zero attached hydrogens (tertiary/aromatic N) is 1. The first-order valence-electron chi connectivity index (χ1n) is 7.10. The van der Waals surface area contributed by atoms with Crippen LogP contribution >= 0.6 is 0 Å². The van der Waals surface area contributed by atoms with Gasteiger partial charge >= 0.3 is 0 Å². The highest BCUT2D eigenvalue weighted by molar-refractivity contribution is 5.94. The summed E-state index contributed by atoms with van der Waals surface area (Å²) in [6, 6.07) is 5.29. The molecule has 0 bridgehead atoms. The third-order valence-electron chi connectivity index (χ3n) is 3.64. The van der Waals surface area contributed by atoms with Crippen LogP contribution in [0.25, 0.3) is 0 Å². The number of ether oxygens (including phenoxy) is 1. The minimum atomic E-state index is 0.0315. The molecule has 4 heteroatoms. The molecule has 0 spiro atoms. The first-order chi connectivity index (χ1) is 9.58. The summed E-state index contributed by atoms with van der Waals surface area (Å²) in [5.74, 6) is 0.740. The minimum absolute atomic E-state index is 0.0315. The van der Waals surface area contributed by atoms with Gasteiger partial charge in [-0.2, -0.15) is 0 Å². The molecule has 1 aliphatic rings. The number of rotatable bonds is 4. The second-order valence-corrected chi connectivity index (χ2v) is 5.27. The molecule has 1 amide bonds. The number of amides is 1. The molecule has 0 radical (unpaired) electrons. The minimum Gasteiger partial charge on any atom is -0.483 e. The Kier molecular flexibility index (Phi) is 4.77. The highest BCUT2D eigenvalue weighted by Crippen LogP contribution is 2.19. The molecule has 0 saturated carbocycles. The molecule has 1 aromatic rings. The van der Waals surface area contributed by atoms with E-state index in [0.29, 0.717) is 11.3 Å². The third kappa shape index (κ3) is 3.59. The molecule has 1 heterocycles. The maximum absolute atomic E-state index is 12.0. The lowest BCUT2D eigenvalue weighted by molar-refractivity contribution is -0.134. The molecule has 108 valence electrons. The summed E-state index contributed by atoms with van der Waals surface area (Å²) in [7, 11) is 0. The lowest BCUT2D eigenvalue weighted by Crippen LogP contribution is -2.38. The molecule has 1 aliphatic heterocycles. The molecule has 4 nitrogen and oxygen atoms in total. The first-order valence-corrected chi connectivity index (χ1v) is 7.10. The van der Waals surface area contributed by atoms with Crippen LogP contribution in [0.15, 0.2) is 18.2 Å². The average molecular weight is 275 g/mol. The van der Waals surface area contributed by atoms with E-state index in [0.717, 1.165) is 31.5 Å². The van der Waals surface area contributed by atoms with E-state index in [1.54, 1.807) is 18.2 Å². The molecule has 0 aliphatic carbocycles. The van der Waals surface area contributed by atoms with Crippen molar-refractivity contribution in [3.05, 3.63) is 29.3 Å². The predicted octanol–water partition coefficient (Wildman–Crippen LogP) is 2.59. The van der Waals surface area contributed by atoms with Crippen LogP contribution in [0, 0.1) is 6.92 Å². The van der Waals surface area contributed by atoms with Crippen molar-refractivity contribution in [2.24, 2.45) is 0 Å². The van der Waals surface area contributed by atoms with Crippen molar-refractivity contribution in [2.45, 2.75) is 33.1 Å². The van der Waals surface area contributed by atoms with Gasteiger partial charge in [0, 0.05) is 18.7 Å². The number of aryl methyl sites for hydroxylation is 1. The fourth-order valence-electron chi connectivity index (χ4n) is 2.40. The summed E-state index contributed by atoms with van der Waals surface area (Å²) in [4.78, 5) is 25.1. The van der Waals surface area contributed by atoms with E-state index in [-0.39, 0.29) is 18.3 Å². The number of carbonyl (C=O) groups excluding carboxylic acids is 2. The van der Waals surface area contributed by atoms with Gasteiger partial charge in [0.15, 0.2) is 12.4 Å². The number of hydrogen-bond donors (Lipinski definition) is 0. The van der Waals surface area contributed by atoms with Crippen molar-refractivity contribution < 1.29 is 14.3 Å². The van der Waals surface area contributed by atoms with Gasteiger partial charge in [0.05, 0.1) is 0 Å². The molecule has 20 heavy (non-hydrogen) atoms. The number of likely N-dealkylation sites (tertiary alicyclic amines) is 1. The van der Waals surface area contributed by atoms with Gasteiger partial charge in [-0.25, -0.2) is 0 Å². The monoisotopic (exact) mass is 275 g/mol. The summed E-state index contributed by atoms with van der Waals surface area (Å²) in [5.41, 5.74) is 1.54. The second kappa shape index (κ2) is 6.55. The molecular formula is C16H21NO3. The summed E-state index contributed by atoms with van der Waals surface area (Å²) in [6.07, 6.45) is 3.37. The van der Waals surface area contributed by atoms with Crippen LogP contribution in [-0.2, 0) is 4.79 Å². The zero-order chi connectivity index (χ0) is 14.5. The van der Waals surface area contributed by atoms with Gasteiger partial charge in [-0.05, 0) is 56.9 Å². The van der Waals surface area contributed by atoms with Gasteiger partial charge in [0.2, 0.25) is 0 Å². The smallest absolute Gasteiger partial charge is 0.260 e. The number of ketones is 1. The predicted molar refractivity (Wildman–Crippen MR) is 77.1 cm³/mol. The second-order valence-electron chi connectivity index (χ2n) is 5.27. The number of hydrogen-bond acceptors (Lipinski definition) is 3. The van der Waals surface area contributed by atoms with Gasteiger partial charge in [-0.3, -0.25) is 9.59 Å². The van der Waals surface area contributed by atoms with Gasteiger partial charge in [0.1, 0.15) is 5.75 Å². The first kappa shape index (κ1) is 14.6. The SMILES string of the molecule is CC(=O)c1ccc(OCC(=O)N2CCCCC2)c(C)c1. The number of piperidine rings is 1. The molecule has 1 aromatic carbocycles. The summed E-state index contributed by atoms with van der Waals surface area (Å²) in [6.45, 7) is 5.16. The number of Topliss-reactive ketones (excluding diaryl/α,β-unsaturated/α-hetero) is 1. The molecule has 0 aromatic heterocycles. The Hall–Kier alpha value is -1.84. The standard InChI is InChI=1S/C16H21NO3/c1-12-10-14(13(2)18)6-7-15(12)20-11-16(19)17-8-4-3-5-9-17/h6-7,10H,3-5,8-9,11H2,1-2H3. The van der Waals surface area contributed by atoms with Crippen molar-refractivity contribution in [1.29, 1.82) is 0 Å². The van der Waals surface area contributed by atoms with Crippen LogP contribution in [0.2, 0.25) is 0 Å². The zero-order valence-corrected chi connectivity index (χ0v) is 12.1. The molecule has 1 fully saturated rings. The number of carbonyl (C=O) groups is 2. The topological polar surface area (TPSA) is 46.6 Å². The van der Waals surface area contributed by atoms with E-state index in [4.69, 9.17) is 4.74 Å². The van der Waals surface area contributed by atoms with E-state index < -0.39 is 0 Å². The largest absolute Gasteiger partial charge is 0.483 e. The van der Waals surface area contributed by atoms with E-state index in [9.17, 15) is 9.59 Å². The van der Waals surface area contributed by atoms with E-state index in [1.165, 1.54) is 13.3 Å². The normalized spacial score (nSPS) is 15.0. The molecule has 0 unspecified atom stereocenters. The summed E-state index contributed by atoms with van der Waals surface area (Å²) >= 11 is 0. The van der Waals surface area contributed by atoms with E-state index in [1.807, 2.05) is 11.8 Å². The van der Waals surface area contributed by atoms with Crippen molar-refractivity contribution >= 4 is 11.7 Å². The van der Waals surface area contributed by atoms with Crippen molar-refractivity contribution in [1.82, 2.24) is 4.90 Å². The van der Waals surface area contributed by atoms with Crippen molar-refractivity contribution in [2.75, 3.05) is 19.7 Å². The van der Waals surface area contributed by atoms with Gasteiger partial charge in [-0.15, -0.1) is 0 Å². The summed E-state index contributed by atoms with van der Waals surface area (Å²) < 4.78 is 5.58. The van der Waals surface area contributed by atoms with Crippen LogP contribution in [0.4, 0.5) is 0 Å². The number of benzene rings is 1. The van der Waals surface area contributed by atoms with Crippen LogP contribution < -0.4 is 4.74 Å². The lowest BCUT2D eigenvalue weighted by atomic mass is 10.1. The molecule has 2 rings (SSSR count). The van der Waals surface area contributed by atoms with Crippen LogP contribution in [0.5, 0.6) is 5.75 Å². The van der Waals surface area contributed by atoms with Gasteiger partial charge < -0.3 is 9.64 Å². The van der Waals surface area contributed by atoms with Crippen molar-refractivity contribution in [3.63, 3.8) is 0 Å². The molecule has 0 N–H and O–H groups in total. The Balaban J connectivity index is 1.93. The zero-order valence-electron chi connectivity index (χ0n) is 12.1. The average Bonchev–Trinajstić information content (AvgIpc) is 2.46. The maximum Gasteiger partial charge on any atom is 0.260 e. The molecule has 0 atom stereocenters. The Bertz CT molecular complexity index is 504. The van der Waals surface area contributed by atoms with Crippen LogP contribution in [0.3, 0.4) is 0 Å². The van der Waals surface area contributed by atoms with Crippen molar-refractivity contribution in [3.8, 4) is 5.75 Å². The Labute approximate surface area is 119 Å². The Morgan fingerprint density at radius 3 is 2.50 bits per heavy atom. The van der Waals surface area contributed by atoms with Crippen LogP contribution in [0.1, 0.15) is 42.1 Å². The van der Waals surface area contributed by atoms with Crippen LogP contribution in [-0.4, -0.2) is 36.3 Å². The molecule has 1 saturated heterocycles. The highest BCUT2D eigenvalue weighted by Gasteiger charge is 2.17. The fraction of sp³-hybridized carbons (Fsp3) is 0.500. The van der Waals surface area contributed by atoms with Gasteiger partial charge in [0.25, 0.3) is 5.91 Å². The molecular weight excluding hydrogens is 254 g/mol. The lowest BCUT2D eigenvalue weighted by Gasteiger charge is -2.26. The van der Waals surface area contributed by atoms with Gasteiger partial charge in [-0.1, -0.05) is 0 Å². The summed E-state index contributed by atoms with van der Waals surface area (Å²) in [5, 5.41) is 0. The Morgan fingerprint density at radius 2 is 1.90 bits per heavy atom. The Morgan fingerprint density at radius 1 is 1.20 bits per heavy atom. The third-order valence-corrected chi connectivity index (χ3v) is 3.64. The highest BCUT2D eigenvalue weighted by atomic mass is 16.5. The maximum atomic E-state index is 12.0.